The second kappa shape index (κ2) is 9.34. The van der Waals surface area contributed by atoms with Crippen LogP contribution in [0.25, 0.3) is 0 Å². The number of piperazine rings is 1. The van der Waals surface area contributed by atoms with Gasteiger partial charge in [-0.15, -0.1) is 0 Å². The molecule has 0 saturated carbocycles. The summed E-state index contributed by atoms with van der Waals surface area (Å²) in [6.45, 7) is 2.32. The van der Waals surface area contributed by atoms with Crippen molar-refractivity contribution in [2.75, 3.05) is 51.3 Å². The molecule has 0 atom stereocenters. The average molecular weight is 477 g/mol. The minimum absolute atomic E-state index is 0.121. The summed E-state index contributed by atoms with van der Waals surface area (Å²) in [5, 5.41) is 11.9. The van der Waals surface area contributed by atoms with E-state index in [4.69, 9.17) is 26.3 Å². The highest BCUT2D eigenvalue weighted by Crippen LogP contribution is 2.33. The fraction of sp³-hybridized carbons (Fsp3) is 0.333. The number of nitrogens with one attached hydrogen (secondary N) is 1. The van der Waals surface area contributed by atoms with Crippen LogP contribution in [0.3, 0.4) is 0 Å². The number of rotatable bonds is 5. The Morgan fingerprint density at radius 1 is 1.06 bits per heavy atom. The third-order valence-electron chi connectivity index (χ3n) is 5.22. The van der Waals surface area contributed by atoms with Crippen molar-refractivity contribution in [2.45, 2.75) is 4.90 Å². The summed E-state index contributed by atoms with van der Waals surface area (Å²) in [6.07, 6.45) is 0. The molecule has 2 aliphatic rings. The summed E-state index contributed by atoms with van der Waals surface area (Å²) >= 11 is 5.99. The Morgan fingerprint density at radius 2 is 1.78 bits per heavy atom. The Labute approximate surface area is 191 Å². The Balaban J connectivity index is 1.33. The number of ether oxygens (including phenoxy) is 2. The second-order valence-electron chi connectivity index (χ2n) is 7.34. The van der Waals surface area contributed by atoms with Crippen LogP contribution in [0.15, 0.2) is 41.3 Å². The van der Waals surface area contributed by atoms with Crippen LogP contribution < -0.4 is 14.8 Å². The van der Waals surface area contributed by atoms with E-state index in [1.165, 1.54) is 22.5 Å². The van der Waals surface area contributed by atoms with Gasteiger partial charge in [0.1, 0.15) is 19.3 Å². The Kier molecular flexibility index (Phi) is 6.53. The van der Waals surface area contributed by atoms with Crippen molar-refractivity contribution in [1.82, 2.24) is 9.21 Å². The van der Waals surface area contributed by atoms with Gasteiger partial charge in [0.05, 0.1) is 22.0 Å². The molecule has 1 amide bonds. The van der Waals surface area contributed by atoms with Gasteiger partial charge in [-0.05, 0) is 30.3 Å². The predicted octanol–water partition coefficient (Wildman–Crippen LogP) is 1.93. The summed E-state index contributed by atoms with van der Waals surface area (Å²) < 4.78 is 38.4. The monoisotopic (exact) mass is 476 g/mol. The molecule has 9 nitrogen and oxygen atoms in total. The summed E-state index contributed by atoms with van der Waals surface area (Å²) in [5.41, 5.74) is 0.832. The van der Waals surface area contributed by atoms with Gasteiger partial charge in [-0.25, -0.2) is 8.42 Å². The van der Waals surface area contributed by atoms with Gasteiger partial charge in [0.2, 0.25) is 15.9 Å². The van der Waals surface area contributed by atoms with Gasteiger partial charge < -0.3 is 14.8 Å². The van der Waals surface area contributed by atoms with E-state index in [1.807, 2.05) is 11.0 Å². The zero-order chi connectivity index (χ0) is 22.7. The van der Waals surface area contributed by atoms with E-state index in [0.717, 1.165) is 0 Å². The molecule has 0 bridgehead atoms. The van der Waals surface area contributed by atoms with E-state index >= 15 is 0 Å². The van der Waals surface area contributed by atoms with Crippen molar-refractivity contribution in [2.24, 2.45) is 0 Å². The fourth-order valence-electron chi connectivity index (χ4n) is 3.55. The molecule has 2 aromatic rings. The molecule has 2 aromatic carbocycles. The van der Waals surface area contributed by atoms with Gasteiger partial charge in [0.25, 0.3) is 0 Å². The minimum atomic E-state index is -3.68. The second-order valence-corrected chi connectivity index (χ2v) is 9.69. The predicted molar refractivity (Wildman–Crippen MR) is 117 cm³/mol. The molecule has 1 fully saturated rings. The Hall–Kier alpha value is -2.84. The van der Waals surface area contributed by atoms with Crippen molar-refractivity contribution in [1.29, 1.82) is 5.26 Å². The Bertz CT molecular complexity index is 1170. The van der Waals surface area contributed by atoms with Gasteiger partial charge in [-0.2, -0.15) is 9.57 Å². The normalized spacial score (nSPS) is 16.9. The average Bonchev–Trinajstić information content (AvgIpc) is 2.79. The summed E-state index contributed by atoms with van der Waals surface area (Å²) in [7, 11) is -3.68. The van der Waals surface area contributed by atoms with E-state index in [1.54, 1.807) is 18.2 Å². The van der Waals surface area contributed by atoms with Crippen molar-refractivity contribution in [3.63, 3.8) is 0 Å². The summed E-state index contributed by atoms with van der Waals surface area (Å²) in [6, 6.07) is 11.3. The number of hydrogen-bond donors (Lipinski definition) is 1. The molecule has 0 unspecified atom stereocenters. The van der Waals surface area contributed by atoms with E-state index in [-0.39, 0.29) is 35.5 Å². The first kappa shape index (κ1) is 22.4. The number of nitriles is 1. The van der Waals surface area contributed by atoms with Gasteiger partial charge in [-0.1, -0.05) is 11.6 Å². The highest BCUT2D eigenvalue weighted by molar-refractivity contribution is 7.89. The molecule has 0 aliphatic carbocycles. The number of hydrogen-bond acceptors (Lipinski definition) is 7. The first-order chi connectivity index (χ1) is 15.4. The Morgan fingerprint density at radius 3 is 2.47 bits per heavy atom. The highest BCUT2D eigenvalue weighted by atomic mass is 35.5. The molecule has 0 spiro atoms. The van der Waals surface area contributed by atoms with Crippen molar-refractivity contribution in [3.8, 4) is 17.6 Å². The first-order valence-electron chi connectivity index (χ1n) is 9.98. The van der Waals surface area contributed by atoms with Crippen LogP contribution in [0.1, 0.15) is 5.56 Å². The number of nitrogens with zero attached hydrogens (tertiary/aromatic N) is 3. The number of anilines is 1. The molecule has 1 N–H and O–H groups in total. The molecule has 2 heterocycles. The summed E-state index contributed by atoms with van der Waals surface area (Å²) in [4.78, 5) is 14.4. The van der Waals surface area contributed by atoms with Crippen LogP contribution >= 0.6 is 11.6 Å². The fourth-order valence-corrected chi connectivity index (χ4v) is 5.21. The van der Waals surface area contributed by atoms with Crippen LogP contribution in [0, 0.1) is 11.3 Å². The number of sulfonamides is 1. The van der Waals surface area contributed by atoms with Crippen LogP contribution in [0.5, 0.6) is 11.5 Å². The number of carbonyl (C=O) groups is 1. The minimum Gasteiger partial charge on any atom is -0.486 e. The third-order valence-corrected chi connectivity index (χ3v) is 7.43. The van der Waals surface area contributed by atoms with Crippen LogP contribution in [-0.2, 0) is 14.8 Å². The lowest BCUT2D eigenvalue weighted by Crippen LogP contribution is -2.50. The molecule has 1 saturated heterocycles. The number of fused-ring (bicyclic) bond motifs is 1. The smallest absolute Gasteiger partial charge is 0.243 e. The molecular weight excluding hydrogens is 456 g/mol. The van der Waals surface area contributed by atoms with Crippen molar-refractivity contribution in [3.05, 3.63) is 47.0 Å². The number of carbonyl (C=O) groups excluding carboxylic acids is 1. The van der Waals surface area contributed by atoms with Crippen LogP contribution in [0.4, 0.5) is 5.69 Å². The molecule has 11 heteroatoms. The SMILES string of the molecule is N#Cc1ccc(NC(=O)CN2CCN(S(=O)(=O)c3ccc4c(c3)OCCO4)CC2)cc1Cl. The van der Waals surface area contributed by atoms with Crippen LogP contribution in [-0.4, -0.2) is 69.5 Å². The van der Waals surface area contributed by atoms with Gasteiger partial charge in [0, 0.05) is 37.9 Å². The van der Waals surface area contributed by atoms with E-state index in [2.05, 4.69) is 5.32 Å². The van der Waals surface area contributed by atoms with E-state index in [9.17, 15) is 13.2 Å². The molecule has 0 radical (unpaired) electrons. The zero-order valence-corrected chi connectivity index (χ0v) is 18.7. The maximum Gasteiger partial charge on any atom is 0.243 e. The quantitative estimate of drug-likeness (QED) is 0.701. The highest BCUT2D eigenvalue weighted by Gasteiger charge is 2.30. The molecule has 168 valence electrons. The topological polar surface area (TPSA) is 112 Å². The maximum atomic E-state index is 13.0. The molecule has 32 heavy (non-hydrogen) atoms. The lowest BCUT2D eigenvalue weighted by atomic mass is 10.2. The van der Waals surface area contributed by atoms with Gasteiger partial charge in [-0.3, -0.25) is 9.69 Å². The molecule has 0 aromatic heterocycles. The van der Waals surface area contributed by atoms with E-state index < -0.39 is 10.0 Å². The number of halogens is 1. The number of benzene rings is 2. The van der Waals surface area contributed by atoms with Gasteiger partial charge >= 0.3 is 0 Å². The summed E-state index contributed by atoms with van der Waals surface area (Å²) in [5.74, 6) is 0.721. The lowest BCUT2D eigenvalue weighted by molar-refractivity contribution is -0.117. The molecular formula is C21H21ClN4O5S. The van der Waals surface area contributed by atoms with Gasteiger partial charge in [0.15, 0.2) is 11.5 Å². The largest absolute Gasteiger partial charge is 0.486 e. The van der Waals surface area contributed by atoms with Crippen molar-refractivity contribution >= 4 is 33.2 Å². The van der Waals surface area contributed by atoms with Crippen molar-refractivity contribution < 1.29 is 22.7 Å². The van der Waals surface area contributed by atoms with Crippen LogP contribution in [0.2, 0.25) is 5.02 Å². The maximum absolute atomic E-state index is 13.0. The lowest BCUT2D eigenvalue weighted by Gasteiger charge is -2.33. The zero-order valence-electron chi connectivity index (χ0n) is 17.1. The molecule has 2 aliphatic heterocycles. The number of amides is 1. The first-order valence-corrected chi connectivity index (χ1v) is 11.8. The third kappa shape index (κ3) is 4.81. The molecule has 4 rings (SSSR count). The van der Waals surface area contributed by atoms with E-state index in [0.29, 0.717) is 49.1 Å². The standard InChI is InChI=1S/C21H21ClN4O5S/c22-18-11-16(2-1-15(18)13-23)24-21(27)14-25-5-7-26(8-6-25)32(28,29)17-3-4-19-20(12-17)31-10-9-30-19/h1-4,11-12H,5-10,14H2,(H,24,27).